The molecule has 0 aliphatic carbocycles. The van der Waals surface area contributed by atoms with Gasteiger partial charge in [-0.15, -0.1) is 13.2 Å². The molecule has 0 aromatic heterocycles. The molecule has 0 saturated heterocycles. The van der Waals surface area contributed by atoms with E-state index in [1.807, 2.05) is 24.3 Å². The summed E-state index contributed by atoms with van der Waals surface area (Å²) in [7, 11) is 1.58. The molecule has 24 heavy (non-hydrogen) atoms. The molecule has 1 aliphatic heterocycles. The van der Waals surface area contributed by atoms with Gasteiger partial charge in [-0.1, -0.05) is 12.1 Å². The number of nitrogens with zero attached hydrogens (tertiary/aromatic N) is 1. The van der Waals surface area contributed by atoms with Crippen LogP contribution in [0.15, 0.2) is 42.5 Å². The number of hydrogen-bond donors (Lipinski definition) is 1. The molecule has 4 nitrogen and oxygen atoms in total. The van der Waals surface area contributed by atoms with Crippen LogP contribution in [-0.4, -0.2) is 24.2 Å². The van der Waals surface area contributed by atoms with Crippen molar-refractivity contribution in [2.24, 2.45) is 0 Å². The third-order valence-corrected chi connectivity index (χ3v) is 3.75. The Labute approximate surface area is 136 Å². The molecule has 3 rings (SSSR count). The van der Waals surface area contributed by atoms with Gasteiger partial charge in [-0.3, -0.25) is 5.41 Å². The average Bonchev–Trinajstić information content (AvgIpc) is 2.81. The van der Waals surface area contributed by atoms with Crippen LogP contribution in [0.25, 0.3) is 0 Å². The number of alkyl halides is 3. The maximum Gasteiger partial charge on any atom is 0.573 e. The largest absolute Gasteiger partial charge is 0.573 e. The number of fused-ring (bicyclic) bond motifs is 1. The topological polar surface area (TPSA) is 45.6 Å². The fraction of sp³-hybridized carbons (Fsp3) is 0.235. The van der Waals surface area contributed by atoms with E-state index in [-0.39, 0.29) is 11.6 Å². The lowest BCUT2D eigenvalue weighted by molar-refractivity contribution is -0.274. The summed E-state index contributed by atoms with van der Waals surface area (Å²) in [4.78, 5) is 1.79. The number of methoxy groups -OCH3 is 1. The average molecular weight is 336 g/mol. The highest BCUT2D eigenvalue weighted by atomic mass is 19.4. The molecule has 7 heteroatoms. The maximum atomic E-state index is 12.3. The molecule has 0 atom stereocenters. The monoisotopic (exact) mass is 336 g/mol. The quantitative estimate of drug-likeness (QED) is 0.920. The Morgan fingerprint density at radius 2 is 1.92 bits per heavy atom. The Morgan fingerprint density at radius 3 is 2.62 bits per heavy atom. The highest BCUT2D eigenvalue weighted by molar-refractivity contribution is 6.00. The van der Waals surface area contributed by atoms with Gasteiger partial charge in [0.15, 0.2) is 0 Å². The SMILES string of the molecule is COc1cccc(CN2Cc3cc(OC(F)(F)F)ccc3C2=N)c1. The second kappa shape index (κ2) is 6.07. The number of hydrogen-bond acceptors (Lipinski definition) is 3. The first kappa shape index (κ1) is 16.2. The third kappa shape index (κ3) is 3.45. The van der Waals surface area contributed by atoms with Crippen molar-refractivity contribution in [1.82, 2.24) is 4.90 Å². The second-order valence-electron chi connectivity index (χ2n) is 5.42. The molecule has 2 aromatic rings. The Balaban J connectivity index is 1.77. The smallest absolute Gasteiger partial charge is 0.497 e. The van der Waals surface area contributed by atoms with E-state index in [9.17, 15) is 13.2 Å². The van der Waals surface area contributed by atoms with Crippen LogP contribution in [0.4, 0.5) is 13.2 Å². The number of ether oxygens (including phenoxy) is 2. The predicted molar refractivity (Wildman–Crippen MR) is 82.2 cm³/mol. The molecule has 2 aromatic carbocycles. The van der Waals surface area contributed by atoms with Crippen LogP contribution in [-0.2, 0) is 13.1 Å². The van der Waals surface area contributed by atoms with Crippen LogP contribution in [0.3, 0.4) is 0 Å². The van der Waals surface area contributed by atoms with Crippen molar-refractivity contribution in [3.05, 3.63) is 59.2 Å². The molecule has 126 valence electrons. The summed E-state index contributed by atoms with van der Waals surface area (Å²) in [6.07, 6.45) is -4.72. The molecule has 1 heterocycles. The zero-order valence-corrected chi connectivity index (χ0v) is 12.9. The van der Waals surface area contributed by atoms with Crippen LogP contribution in [0, 0.1) is 5.41 Å². The summed E-state index contributed by atoms with van der Waals surface area (Å²) in [5.74, 6) is 0.736. The van der Waals surface area contributed by atoms with Crippen LogP contribution in [0.5, 0.6) is 11.5 Å². The minimum Gasteiger partial charge on any atom is -0.497 e. The van der Waals surface area contributed by atoms with Gasteiger partial charge in [0, 0.05) is 18.7 Å². The highest BCUT2D eigenvalue weighted by Gasteiger charge is 2.32. The fourth-order valence-corrected chi connectivity index (χ4v) is 2.71. The zero-order chi connectivity index (χ0) is 17.3. The van der Waals surface area contributed by atoms with Crippen molar-refractivity contribution in [3.63, 3.8) is 0 Å². The Hall–Kier alpha value is -2.70. The van der Waals surface area contributed by atoms with Crippen molar-refractivity contribution in [3.8, 4) is 11.5 Å². The van der Waals surface area contributed by atoms with Crippen molar-refractivity contribution < 1.29 is 22.6 Å². The second-order valence-corrected chi connectivity index (χ2v) is 5.42. The number of benzene rings is 2. The summed E-state index contributed by atoms with van der Waals surface area (Å²) in [6.45, 7) is 0.834. The minimum atomic E-state index is -4.72. The highest BCUT2D eigenvalue weighted by Crippen LogP contribution is 2.30. The summed E-state index contributed by atoms with van der Waals surface area (Å²) in [6, 6.07) is 11.5. The predicted octanol–water partition coefficient (Wildman–Crippen LogP) is 3.93. The van der Waals surface area contributed by atoms with E-state index in [1.165, 1.54) is 18.2 Å². The number of amidine groups is 1. The first-order valence-electron chi connectivity index (χ1n) is 7.21. The zero-order valence-electron chi connectivity index (χ0n) is 12.9. The standard InChI is InChI=1S/C17H15F3N2O2/c1-23-13-4-2-3-11(7-13)9-22-10-12-8-14(24-17(18,19)20)5-6-15(12)16(22)21/h2-8,21H,9-10H2,1H3. The number of rotatable bonds is 4. The van der Waals surface area contributed by atoms with Gasteiger partial charge < -0.3 is 14.4 Å². The lowest BCUT2D eigenvalue weighted by Gasteiger charge is -2.18. The lowest BCUT2D eigenvalue weighted by atomic mass is 10.1. The number of nitrogens with one attached hydrogen (secondary N) is 1. The Morgan fingerprint density at radius 1 is 1.12 bits per heavy atom. The van der Waals surface area contributed by atoms with Crippen LogP contribution >= 0.6 is 0 Å². The van der Waals surface area contributed by atoms with E-state index >= 15 is 0 Å². The van der Waals surface area contributed by atoms with Gasteiger partial charge in [0.2, 0.25) is 0 Å². The normalized spacial score (nSPS) is 13.8. The van der Waals surface area contributed by atoms with E-state index in [2.05, 4.69) is 4.74 Å². The molecule has 0 spiro atoms. The maximum absolute atomic E-state index is 12.3. The summed E-state index contributed by atoms with van der Waals surface area (Å²) in [5, 5.41) is 8.22. The molecule has 0 bridgehead atoms. The molecule has 1 N–H and O–H groups in total. The van der Waals surface area contributed by atoms with Gasteiger partial charge in [0.1, 0.15) is 17.3 Å². The van der Waals surface area contributed by atoms with E-state index in [0.717, 1.165) is 11.3 Å². The van der Waals surface area contributed by atoms with Gasteiger partial charge in [0.25, 0.3) is 0 Å². The van der Waals surface area contributed by atoms with Crippen molar-refractivity contribution >= 4 is 5.84 Å². The van der Waals surface area contributed by atoms with E-state index < -0.39 is 6.36 Å². The summed E-state index contributed by atoms with van der Waals surface area (Å²) >= 11 is 0. The first-order chi connectivity index (χ1) is 11.4. The molecule has 0 radical (unpaired) electrons. The van der Waals surface area contributed by atoms with Crippen molar-refractivity contribution in [2.45, 2.75) is 19.5 Å². The van der Waals surface area contributed by atoms with Gasteiger partial charge in [-0.2, -0.15) is 0 Å². The van der Waals surface area contributed by atoms with Gasteiger partial charge in [0.05, 0.1) is 7.11 Å². The first-order valence-corrected chi connectivity index (χ1v) is 7.21. The van der Waals surface area contributed by atoms with Crippen molar-refractivity contribution in [2.75, 3.05) is 7.11 Å². The van der Waals surface area contributed by atoms with Gasteiger partial charge in [-0.05, 0) is 41.5 Å². The molecular weight excluding hydrogens is 321 g/mol. The summed E-state index contributed by atoms with van der Waals surface area (Å²) < 4.78 is 46.1. The molecule has 0 saturated carbocycles. The summed E-state index contributed by atoms with van der Waals surface area (Å²) in [5.41, 5.74) is 2.22. The van der Waals surface area contributed by atoms with Crippen LogP contribution in [0.2, 0.25) is 0 Å². The van der Waals surface area contributed by atoms with Gasteiger partial charge >= 0.3 is 6.36 Å². The van der Waals surface area contributed by atoms with Crippen molar-refractivity contribution in [1.29, 1.82) is 5.41 Å². The Bertz CT molecular complexity index is 775. The van der Waals surface area contributed by atoms with E-state index in [1.54, 1.807) is 12.0 Å². The minimum absolute atomic E-state index is 0.266. The molecule has 0 unspecified atom stereocenters. The lowest BCUT2D eigenvalue weighted by Crippen LogP contribution is -2.23. The molecule has 1 aliphatic rings. The fourth-order valence-electron chi connectivity index (χ4n) is 2.71. The molecule has 0 amide bonds. The third-order valence-electron chi connectivity index (χ3n) is 3.75. The van der Waals surface area contributed by atoms with Crippen LogP contribution < -0.4 is 9.47 Å². The molecular formula is C17H15F3N2O2. The number of halogens is 3. The Kier molecular flexibility index (Phi) is 4.09. The van der Waals surface area contributed by atoms with E-state index in [4.69, 9.17) is 10.1 Å². The molecule has 0 fully saturated rings. The van der Waals surface area contributed by atoms with Gasteiger partial charge in [-0.25, -0.2) is 0 Å². The van der Waals surface area contributed by atoms with Crippen LogP contribution in [0.1, 0.15) is 16.7 Å². The van der Waals surface area contributed by atoms with E-state index in [0.29, 0.717) is 24.2 Å².